The summed E-state index contributed by atoms with van der Waals surface area (Å²) < 4.78 is 1.16. The van der Waals surface area contributed by atoms with Crippen molar-refractivity contribution >= 4 is 44.6 Å². The van der Waals surface area contributed by atoms with Crippen LogP contribution in [0.4, 0.5) is 0 Å². The third-order valence-corrected chi connectivity index (χ3v) is 3.70. The predicted molar refractivity (Wildman–Crippen MR) is 85.8 cm³/mol. The number of fused-ring (bicyclic) bond motifs is 1. The Hall–Kier alpha value is -1.53. The van der Waals surface area contributed by atoms with Crippen LogP contribution in [-0.4, -0.2) is 21.8 Å². The molecular formula is C13H16N4S2. The number of benzene rings is 1. The van der Waals surface area contributed by atoms with Gasteiger partial charge in [0, 0.05) is 6.04 Å². The van der Waals surface area contributed by atoms with E-state index in [0.29, 0.717) is 5.11 Å². The number of thiocarbonyl (C=S) groups is 1. The number of hydrogen-bond acceptors (Lipinski definition) is 4. The number of nitrogens with one attached hydrogen (secondary N) is 2. The number of para-hydroxylation sites is 1. The topological polar surface area (TPSA) is 49.3 Å². The lowest BCUT2D eigenvalue weighted by molar-refractivity contribution is 0.719. The van der Waals surface area contributed by atoms with Crippen molar-refractivity contribution in [3.63, 3.8) is 0 Å². The molecule has 0 aliphatic carbocycles. The van der Waals surface area contributed by atoms with E-state index in [1.54, 1.807) is 11.3 Å². The highest BCUT2D eigenvalue weighted by molar-refractivity contribution is 7.80. The van der Waals surface area contributed by atoms with Crippen molar-refractivity contribution in [1.82, 2.24) is 15.7 Å². The number of rotatable bonds is 3. The molecule has 19 heavy (non-hydrogen) atoms. The summed E-state index contributed by atoms with van der Waals surface area (Å²) in [4.78, 5) is 4.54. The average molecular weight is 292 g/mol. The summed E-state index contributed by atoms with van der Waals surface area (Å²) in [6.45, 7) is 5.97. The van der Waals surface area contributed by atoms with E-state index < -0.39 is 0 Å². The minimum atomic E-state index is 0.290. The Morgan fingerprint density at radius 2 is 2.11 bits per heavy atom. The molecule has 0 saturated carbocycles. The fourth-order valence-electron chi connectivity index (χ4n) is 1.50. The van der Waals surface area contributed by atoms with Gasteiger partial charge in [-0.3, -0.25) is 5.43 Å². The third-order valence-electron chi connectivity index (χ3n) is 2.35. The standard InChI is InChI=1S/C13H16N4S2/c1-8(2)14-13(18)17-16-9(3)12-15-10-6-4-5-7-11(10)19-12/h4-8H,1-3H3,(H2,14,17,18)/b16-9-. The second-order valence-corrected chi connectivity index (χ2v) is 5.86. The monoisotopic (exact) mass is 292 g/mol. The predicted octanol–water partition coefficient (Wildman–Crippen LogP) is 2.89. The fourth-order valence-corrected chi connectivity index (χ4v) is 2.70. The minimum Gasteiger partial charge on any atom is -0.359 e. The van der Waals surface area contributed by atoms with Crippen LogP contribution in [0.5, 0.6) is 0 Å². The Morgan fingerprint density at radius 1 is 1.37 bits per heavy atom. The van der Waals surface area contributed by atoms with Crippen LogP contribution in [0.3, 0.4) is 0 Å². The molecule has 2 aromatic rings. The van der Waals surface area contributed by atoms with Gasteiger partial charge in [0.25, 0.3) is 0 Å². The van der Waals surface area contributed by atoms with Crippen LogP contribution in [0.1, 0.15) is 25.8 Å². The Morgan fingerprint density at radius 3 is 2.79 bits per heavy atom. The Bertz CT molecular complexity index is 583. The lowest BCUT2D eigenvalue weighted by Crippen LogP contribution is -2.37. The molecule has 0 amide bonds. The molecule has 2 rings (SSSR count). The zero-order chi connectivity index (χ0) is 13.8. The summed E-state index contributed by atoms with van der Waals surface area (Å²) in [6, 6.07) is 8.34. The van der Waals surface area contributed by atoms with Crippen molar-refractivity contribution in [2.75, 3.05) is 0 Å². The number of nitrogens with zero attached hydrogens (tertiary/aromatic N) is 2. The molecule has 0 bridgehead atoms. The maximum Gasteiger partial charge on any atom is 0.187 e. The van der Waals surface area contributed by atoms with Gasteiger partial charge in [-0.1, -0.05) is 12.1 Å². The van der Waals surface area contributed by atoms with Crippen molar-refractivity contribution in [3.05, 3.63) is 29.3 Å². The molecule has 4 nitrogen and oxygen atoms in total. The van der Waals surface area contributed by atoms with Crippen LogP contribution >= 0.6 is 23.6 Å². The summed E-state index contributed by atoms with van der Waals surface area (Å²) in [5.41, 5.74) is 4.66. The van der Waals surface area contributed by atoms with E-state index in [1.165, 1.54) is 0 Å². The Balaban J connectivity index is 2.10. The third kappa shape index (κ3) is 3.71. The lowest BCUT2D eigenvalue weighted by atomic mass is 10.3. The first kappa shape index (κ1) is 13.9. The highest BCUT2D eigenvalue weighted by Gasteiger charge is 2.06. The first-order valence-corrected chi connectivity index (χ1v) is 7.25. The molecule has 0 unspecified atom stereocenters. The first-order chi connectivity index (χ1) is 9.06. The second-order valence-electron chi connectivity index (χ2n) is 4.42. The molecule has 2 N–H and O–H groups in total. The summed E-state index contributed by atoms with van der Waals surface area (Å²) in [6.07, 6.45) is 0. The second kappa shape index (κ2) is 6.08. The van der Waals surface area contributed by atoms with Crippen LogP contribution in [0.15, 0.2) is 29.4 Å². The van der Waals surface area contributed by atoms with Gasteiger partial charge < -0.3 is 5.32 Å². The molecule has 1 aromatic carbocycles. The van der Waals surface area contributed by atoms with Crippen molar-refractivity contribution < 1.29 is 0 Å². The van der Waals surface area contributed by atoms with E-state index in [2.05, 4.69) is 26.9 Å². The highest BCUT2D eigenvalue weighted by atomic mass is 32.1. The van der Waals surface area contributed by atoms with Crippen molar-refractivity contribution in [2.45, 2.75) is 26.8 Å². The zero-order valence-corrected chi connectivity index (χ0v) is 12.7. The molecule has 1 aromatic heterocycles. The van der Waals surface area contributed by atoms with Gasteiger partial charge in [0.15, 0.2) is 5.11 Å². The van der Waals surface area contributed by atoms with E-state index in [-0.39, 0.29) is 6.04 Å². The van der Waals surface area contributed by atoms with Gasteiger partial charge in [0.2, 0.25) is 0 Å². The van der Waals surface area contributed by atoms with Crippen molar-refractivity contribution in [1.29, 1.82) is 0 Å². The average Bonchev–Trinajstić information content (AvgIpc) is 2.78. The molecule has 0 fully saturated rings. The van der Waals surface area contributed by atoms with Gasteiger partial charge in [-0.2, -0.15) is 5.10 Å². The fraction of sp³-hybridized carbons (Fsp3) is 0.308. The summed E-state index contributed by atoms with van der Waals surface area (Å²) >= 11 is 6.74. The molecule has 0 radical (unpaired) electrons. The van der Waals surface area contributed by atoms with Crippen LogP contribution < -0.4 is 10.7 Å². The normalized spacial score (nSPS) is 11.9. The van der Waals surface area contributed by atoms with Gasteiger partial charge in [0.1, 0.15) is 5.01 Å². The van der Waals surface area contributed by atoms with Gasteiger partial charge in [-0.15, -0.1) is 11.3 Å². The van der Waals surface area contributed by atoms with Crippen LogP contribution in [0.25, 0.3) is 10.2 Å². The van der Waals surface area contributed by atoms with Crippen molar-refractivity contribution in [2.24, 2.45) is 5.10 Å². The van der Waals surface area contributed by atoms with E-state index >= 15 is 0 Å². The Labute approximate surface area is 121 Å². The van der Waals surface area contributed by atoms with Gasteiger partial charge in [-0.25, -0.2) is 4.98 Å². The summed E-state index contributed by atoms with van der Waals surface area (Å²) in [7, 11) is 0. The maximum atomic E-state index is 5.12. The molecule has 6 heteroatoms. The van der Waals surface area contributed by atoms with Gasteiger partial charge in [0.05, 0.1) is 15.9 Å². The van der Waals surface area contributed by atoms with Crippen LogP contribution in [-0.2, 0) is 0 Å². The molecule has 0 spiro atoms. The van der Waals surface area contributed by atoms with Crippen molar-refractivity contribution in [3.8, 4) is 0 Å². The first-order valence-electron chi connectivity index (χ1n) is 6.03. The lowest BCUT2D eigenvalue weighted by Gasteiger charge is -2.09. The molecule has 0 saturated heterocycles. The molecular weight excluding hydrogens is 276 g/mol. The number of thiazole rings is 1. The summed E-state index contributed by atoms with van der Waals surface area (Å²) in [5, 5.41) is 8.75. The van der Waals surface area contributed by atoms with E-state index in [1.807, 2.05) is 39.0 Å². The summed E-state index contributed by atoms with van der Waals surface area (Å²) in [5.74, 6) is 0. The Kier molecular flexibility index (Phi) is 4.44. The number of hydrazone groups is 1. The maximum absolute atomic E-state index is 5.12. The molecule has 0 atom stereocenters. The number of hydrogen-bond donors (Lipinski definition) is 2. The van der Waals surface area contributed by atoms with E-state index in [9.17, 15) is 0 Å². The SMILES string of the molecule is C/C(=N/NC(=S)NC(C)C)c1nc2ccccc2s1. The largest absolute Gasteiger partial charge is 0.359 e. The van der Waals surface area contributed by atoms with Crippen LogP contribution in [0, 0.1) is 0 Å². The number of aromatic nitrogens is 1. The quantitative estimate of drug-likeness (QED) is 0.519. The van der Waals surface area contributed by atoms with E-state index in [0.717, 1.165) is 20.9 Å². The molecule has 100 valence electrons. The molecule has 0 aliphatic rings. The zero-order valence-electron chi connectivity index (χ0n) is 11.1. The molecule has 1 heterocycles. The van der Waals surface area contributed by atoms with Gasteiger partial charge in [-0.05, 0) is 45.1 Å². The van der Waals surface area contributed by atoms with Gasteiger partial charge >= 0.3 is 0 Å². The minimum absolute atomic E-state index is 0.290. The van der Waals surface area contributed by atoms with E-state index in [4.69, 9.17) is 12.2 Å². The molecule has 0 aliphatic heterocycles. The van der Waals surface area contributed by atoms with Crippen LogP contribution in [0.2, 0.25) is 0 Å². The smallest absolute Gasteiger partial charge is 0.187 e. The highest BCUT2D eigenvalue weighted by Crippen LogP contribution is 2.21.